The average Bonchev–Trinajstić information content (AvgIpc) is 3.07. The molecule has 0 amide bonds. The zero-order chi connectivity index (χ0) is 22.5. The second-order valence-electron chi connectivity index (χ2n) is 7.32. The van der Waals surface area contributed by atoms with Crippen LogP contribution in [0.15, 0.2) is 17.1 Å². The van der Waals surface area contributed by atoms with Gasteiger partial charge in [0.2, 0.25) is 5.82 Å². The standard InChI is InChI=1S/C19H18F5N5O2/c1-28(9-3-5-31-6-4-9)12-7-11-10(8-25-12)15(27-29(11)2)16-13(20)17(30)14(21)18(26-16)19(22,23)24/h7-9H,3-6H2,1-2H3,(H,26,30). The van der Waals surface area contributed by atoms with Gasteiger partial charge in [-0.3, -0.25) is 9.48 Å². The Morgan fingerprint density at radius 2 is 1.90 bits per heavy atom. The molecule has 3 aromatic heterocycles. The Hall–Kier alpha value is -3.02. The number of hydrogen-bond acceptors (Lipinski definition) is 5. The third kappa shape index (κ3) is 3.64. The topological polar surface area (TPSA) is 76.0 Å². The van der Waals surface area contributed by atoms with Crippen LogP contribution < -0.4 is 10.3 Å². The number of pyridine rings is 2. The lowest BCUT2D eigenvalue weighted by molar-refractivity contribution is -0.143. The smallest absolute Gasteiger partial charge is 0.381 e. The molecule has 0 spiro atoms. The number of halogens is 5. The second-order valence-corrected chi connectivity index (χ2v) is 7.32. The normalized spacial score (nSPS) is 15.6. The highest BCUT2D eigenvalue weighted by molar-refractivity contribution is 5.93. The first-order valence-corrected chi connectivity index (χ1v) is 9.41. The Bertz CT molecular complexity index is 1200. The van der Waals surface area contributed by atoms with E-state index < -0.39 is 34.6 Å². The molecule has 166 valence electrons. The first kappa shape index (κ1) is 21.2. The Morgan fingerprint density at radius 3 is 2.55 bits per heavy atom. The van der Waals surface area contributed by atoms with Crippen molar-refractivity contribution < 1.29 is 26.7 Å². The van der Waals surface area contributed by atoms with E-state index in [4.69, 9.17) is 4.74 Å². The molecule has 31 heavy (non-hydrogen) atoms. The van der Waals surface area contributed by atoms with Gasteiger partial charge in [-0.2, -0.15) is 18.3 Å². The summed E-state index contributed by atoms with van der Waals surface area (Å²) in [5, 5.41) is 4.28. The Balaban J connectivity index is 1.83. The number of H-pyrrole nitrogens is 1. The number of rotatable bonds is 3. The van der Waals surface area contributed by atoms with Gasteiger partial charge in [0.05, 0.1) is 5.52 Å². The van der Waals surface area contributed by atoms with Gasteiger partial charge < -0.3 is 14.6 Å². The zero-order valence-corrected chi connectivity index (χ0v) is 16.6. The average molecular weight is 443 g/mol. The van der Waals surface area contributed by atoms with Crippen LogP contribution in [0, 0.1) is 11.6 Å². The van der Waals surface area contributed by atoms with E-state index in [2.05, 4.69) is 10.1 Å². The van der Waals surface area contributed by atoms with Crippen LogP contribution in [0.5, 0.6) is 0 Å². The van der Waals surface area contributed by atoms with Crippen LogP contribution >= 0.6 is 0 Å². The first-order chi connectivity index (χ1) is 14.6. The van der Waals surface area contributed by atoms with Crippen LogP contribution in [-0.2, 0) is 18.0 Å². The van der Waals surface area contributed by atoms with Crippen molar-refractivity contribution in [2.75, 3.05) is 25.2 Å². The molecule has 0 bridgehead atoms. The van der Waals surface area contributed by atoms with Crippen molar-refractivity contribution in [2.45, 2.75) is 25.1 Å². The van der Waals surface area contributed by atoms with E-state index in [-0.39, 0.29) is 17.1 Å². The fraction of sp³-hybridized carbons (Fsp3) is 0.421. The van der Waals surface area contributed by atoms with E-state index in [9.17, 15) is 26.7 Å². The van der Waals surface area contributed by atoms with E-state index in [0.29, 0.717) is 24.5 Å². The SMILES string of the molecule is CN(c1cc2c(cn1)c(-c1[nH]c(C(F)(F)F)c(F)c(=O)c1F)nn2C)C1CCOCC1. The molecule has 0 aromatic carbocycles. The van der Waals surface area contributed by atoms with E-state index in [0.717, 1.165) is 12.8 Å². The van der Waals surface area contributed by atoms with Crippen molar-refractivity contribution >= 4 is 16.7 Å². The number of aryl methyl sites for hydroxylation is 1. The van der Waals surface area contributed by atoms with Gasteiger partial charge in [0.1, 0.15) is 17.2 Å². The minimum absolute atomic E-state index is 0.201. The van der Waals surface area contributed by atoms with E-state index >= 15 is 0 Å². The molecule has 0 aliphatic carbocycles. The number of hydrogen-bond donors (Lipinski definition) is 1. The number of alkyl halides is 3. The predicted molar refractivity (Wildman–Crippen MR) is 102 cm³/mol. The first-order valence-electron chi connectivity index (χ1n) is 9.41. The molecule has 4 heterocycles. The summed E-state index contributed by atoms with van der Waals surface area (Å²) in [7, 11) is 3.39. The summed E-state index contributed by atoms with van der Waals surface area (Å²) >= 11 is 0. The number of ether oxygens (including phenoxy) is 1. The van der Waals surface area contributed by atoms with E-state index in [1.165, 1.54) is 17.9 Å². The molecule has 1 aliphatic rings. The second kappa shape index (κ2) is 7.59. The van der Waals surface area contributed by atoms with Crippen LogP contribution in [0.1, 0.15) is 18.5 Å². The summed E-state index contributed by atoms with van der Waals surface area (Å²) in [5.41, 5.74) is -4.61. The largest absolute Gasteiger partial charge is 0.434 e. The maximum atomic E-state index is 14.5. The molecule has 0 atom stereocenters. The summed E-state index contributed by atoms with van der Waals surface area (Å²) in [5.74, 6) is -3.32. The molecule has 12 heteroatoms. The van der Waals surface area contributed by atoms with Crippen molar-refractivity contribution in [3.8, 4) is 11.4 Å². The molecule has 1 fully saturated rings. The monoisotopic (exact) mass is 443 g/mol. The minimum Gasteiger partial charge on any atom is -0.381 e. The van der Waals surface area contributed by atoms with Crippen molar-refractivity contribution in [1.82, 2.24) is 19.7 Å². The van der Waals surface area contributed by atoms with Crippen molar-refractivity contribution in [2.24, 2.45) is 7.05 Å². The third-order valence-electron chi connectivity index (χ3n) is 5.43. The summed E-state index contributed by atoms with van der Waals surface area (Å²) < 4.78 is 74.2. The summed E-state index contributed by atoms with van der Waals surface area (Å²) in [4.78, 5) is 19.7. The number of nitrogens with one attached hydrogen (secondary N) is 1. The lowest BCUT2D eigenvalue weighted by Gasteiger charge is -2.32. The van der Waals surface area contributed by atoms with Crippen LogP contribution in [0.3, 0.4) is 0 Å². The van der Waals surface area contributed by atoms with Gasteiger partial charge in [0.15, 0.2) is 11.5 Å². The van der Waals surface area contributed by atoms with Gasteiger partial charge in [-0.05, 0) is 12.8 Å². The Kier molecular flexibility index (Phi) is 5.20. The molecule has 1 N–H and O–H groups in total. The van der Waals surface area contributed by atoms with Gasteiger partial charge >= 0.3 is 6.18 Å². The number of aromatic amines is 1. The quantitative estimate of drug-likeness (QED) is 0.629. The highest BCUT2D eigenvalue weighted by Crippen LogP contribution is 2.34. The highest BCUT2D eigenvalue weighted by atomic mass is 19.4. The molecule has 4 rings (SSSR count). The predicted octanol–water partition coefficient (Wildman–Crippen LogP) is 3.24. The van der Waals surface area contributed by atoms with Crippen LogP contribution in [-0.4, -0.2) is 46.1 Å². The van der Waals surface area contributed by atoms with Crippen LogP contribution in [0.4, 0.5) is 27.8 Å². The molecule has 0 saturated carbocycles. The summed E-state index contributed by atoms with van der Waals surface area (Å²) in [6.45, 7) is 1.26. The fourth-order valence-electron chi connectivity index (χ4n) is 3.70. The summed E-state index contributed by atoms with van der Waals surface area (Å²) in [6, 6.07) is 1.87. The van der Waals surface area contributed by atoms with Crippen LogP contribution in [0.2, 0.25) is 0 Å². The van der Waals surface area contributed by atoms with Crippen LogP contribution in [0.25, 0.3) is 22.3 Å². The third-order valence-corrected chi connectivity index (χ3v) is 5.43. The van der Waals surface area contributed by atoms with E-state index in [1.807, 2.05) is 11.9 Å². The zero-order valence-electron chi connectivity index (χ0n) is 16.6. The maximum absolute atomic E-state index is 14.5. The van der Waals surface area contributed by atoms with Crippen molar-refractivity contribution in [3.05, 3.63) is 39.8 Å². The minimum atomic E-state index is -5.21. The van der Waals surface area contributed by atoms with E-state index in [1.54, 1.807) is 11.1 Å². The molecular formula is C19H18F5N5O2. The molecule has 3 aromatic rings. The molecular weight excluding hydrogens is 425 g/mol. The lowest BCUT2D eigenvalue weighted by Crippen LogP contribution is -2.37. The molecule has 0 radical (unpaired) electrons. The highest BCUT2D eigenvalue weighted by Gasteiger charge is 2.38. The Morgan fingerprint density at radius 1 is 1.23 bits per heavy atom. The molecule has 1 saturated heterocycles. The number of anilines is 1. The van der Waals surface area contributed by atoms with Gasteiger partial charge in [0.25, 0.3) is 5.43 Å². The van der Waals surface area contributed by atoms with Gasteiger partial charge in [0, 0.05) is 51.0 Å². The molecule has 7 nitrogen and oxygen atoms in total. The summed E-state index contributed by atoms with van der Waals surface area (Å²) in [6.07, 6.45) is -2.24. The molecule has 1 aliphatic heterocycles. The van der Waals surface area contributed by atoms with Gasteiger partial charge in [-0.25, -0.2) is 13.8 Å². The number of nitrogens with zero attached hydrogens (tertiary/aromatic N) is 4. The van der Waals surface area contributed by atoms with Gasteiger partial charge in [-0.1, -0.05) is 0 Å². The van der Waals surface area contributed by atoms with Crippen molar-refractivity contribution in [1.29, 1.82) is 0 Å². The fourth-order valence-corrected chi connectivity index (χ4v) is 3.70. The Labute approximate surface area is 172 Å². The number of fused-ring (bicyclic) bond motifs is 1. The van der Waals surface area contributed by atoms with Gasteiger partial charge in [-0.15, -0.1) is 0 Å². The lowest BCUT2D eigenvalue weighted by atomic mass is 10.1. The van der Waals surface area contributed by atoms with Crippen molar-refractivity contribution in [3.63, 3.8) is 0 Å². The maximum Gasteiger partial charge on any atom is 0.434 e. The molecule has 0 unspecified atom stereocenters. The number of aromatic nitrogens is 4.